The predicted octanol–water partition coefficient (Wildman–Crippen LogP) is 5.33. The number of benzene rings is 2. The summed E-state index contributed by atoms with van der Waals surface area (Å²) in [5.41, 5.74) is 5.90. The quantitative estimate of drug-likeness (QED) is 0.449. The number of nitriles is 1. The van der Waals surface area contributed by atoms with E-state index in [4.69, 9.17) is 10.4 Å². The number of hydrogen-bond acceptors (Lipinski definition) is 3. The summed E-state index contributed by atoms with van der Waals surface area (Å²) in [6.07, 6.45) is 8.47. The average molecular weight is 370 g/mol. The van der Waals surface area contributed by atoms with Crippen molar-refractivity contribution in [2.24, 2.45) is 0 Å². The summed E-state index contributed by atoms with van der Waals surface area (Å²) in [4.78, 5) is 13.4. The molecule has 1 fully saturated rings. The number of allylic oxidation sites excluding steroid dienone is 2. The molecular formula is C24H22N2O2. The lowest BCUT2D eigenvalue weighted by Gasteiger charge is -2.27. The van der Waals surface area contributed by atoms with E-state index in [0.717, 1.165) is 5.56 Å². The highest BCUT2D eigenvalue weighted by atomic mass is 16.4. The molecular weight excluding hydrogens is 348 g/mol. The average Bonchev–Trinajstić information content (AvgIpc) is 3.27. The van der Waals surface area contributed by atoms with Gasteiger partial charge in [-0.15, -0.1) is 0 Å². The van der Waals surface area contributed by atoms with Gasteiger partial charge < -0.3 is 10.0 Å². The highest BCUT2D eigenvalue weighted by Crippen LogP contribution is 2.52. The largest absolute Gasteiger partial charge is 0.477 e. The molecule has 2 aromatic carbocycles. The van der Waals surface area contributed by atoms with E-state index in [1.165, 1.54) is 47.8 Å². The van der Waals surface area contributed by atoms with Gasteiger partial charge in [-0.1, -0.05) is 42.3 Å². The van der Waals surface area contributed by atoms with E-state index in [-0.39, 0.29) is 5.57 Å². The van der Waals surface area contributed by atoms with Crippen molar-refractivity contribution in [2.75, 3.05) is 4.90 Å². The second-order valence-electron chi connectivity index (χ2n) is 7.48. The smallest absolute Gasteiger partial charge is 0.346 e. The monoisotopic (exact) mass is 370 g/mol. The molecule has 0 spiro atoms. The molecule has 1 saturated carbocycles. The lowest BCUT2D eigenvalue weighted by molar-refractivity contribution is -0.132. The number of hydrogen-bond donors (Lipinski definition) is 1. The van der Waals surface area contributed by atoms with E-state index >= 15 is 0 Å². The van der Waals surface area contributed by atoms with Crippen LogP contribution in [0.5, 0.6) is 0 Å². The highest BCUT2D eigenvalue weighted by Gasteiger charge is 2.41. The Hall–Kier alpha value is -3.32. The van der Waals surface area contributed by atoms with Gasteiger partial charge in [0.25, 0.3) is 0 Å². The third-order valence-corrected chi connectivity index (χ3v) is 5.74. The van der Waals surface area contributed by atoms with Crippen LogP contribution in [0.3, 0.4) is 0 Å². The molecule has 0 bridgehead atoms. The maximum absolute atomic E-state index is 10.9. The normalized spacial score (nSPS) is 20.9. The van der Waals surface area contributed by atoms with Crippen LogP contribution < -0.4 is 4.90 Å². The molecule has 1 aliphatic heterocycles. The van der Waals surface area contributed by atoms with Gasteiger partial charge in [0.1, 0.15) is 11.6 Å². The number of rotatable bonds is 4. The van der Waals surface area contributed by atoms with Crippen LogP contribution in [0, 0.1) is 18.3 Å². The summed E-state index contributed by atoms with van der Waals surface area (Å²) in [5.74, 6) is -0.669. The molecule has 4 heteroatoms. The fourth-order valence-corrected chi connectivity index (χ4v) is 4.43. The van der Waals surface area contributed by atoms with Crippen molar-refractivity contribution in [3.63, 3.8) is 0 Å². The minimum absolute atomic E-state index is 0.265. The molecule has 0 amide bonds. The Morgan fingerprint density at radius 3 is 2.71 bits per heavy atom. The van der Waals surface area contributed by atoms with Gasteiger partial charge in [-0.2, -0.15) is 5.26 Å². The first-order chi connectivity index (χ1) is 13.6. The van der Waals surface area contributed by atoms with E-state index in [2.05, 4.69) is 54.3 Å². The number of carbonyl (C=O) groups is 1. The summed E-state index contributed by atoms with van der Waals surface area (Å²) >= 11 is 0. The van der Waals surface area contributed by atoms with Gasteiger partial charge in [0.15, 0.2) is 0 Å². The van der Waals surface area contributed by atoms with Gasteiger partial charge in [0.05, 0.1) is 0 Å². The van der Waals surface area contributed by atoms with E-state index in [0.29, 0.717) is 12.0 Å². The predicted molar refractivity (Wildman–Crippen MR) is 111 cm³/mol. The zero-order chi connectivity index (χ0) is 19.7. The van der Waals surface area contributed by atoms with E-state index in [9.17, 15) is 4.79 Å². The zero-order valence-electron chi connectivity index (χ0n) is 15.8. The molecule has 140 valence electrons. The Balaban J connectivity index is 1.67. The van der Waals surface area contributed by atoms with Crippen LogP contribution in [0.4, 0.5) is 11.4 Å². The standard InChI is InChI=1S/C24H22N2O2/c1-16-8-11-19(12-9-16)26-22-7-3-6-20(22)21-14-17(10-13-23(21)26)4-2-5-18(15-25)24(27)28/h2,4-5,8-14,20,22H,3,6-7H2,1H3,(H,27,28)/b4-2+,18-5-. The molecule has 2 aliphatic rings. The van der Waals surface area contributed by atoms with Crippen molar-refractivity contribution < 1.29 is 9.90 Å². The molecule has 1 N–H and O–H groups in total. The second kappa shape index (κ2) is 7.36. The van der Waals surface area contributed by atoms with Crippen LogP contribution in [0.25, 0.3) is 6.08 Å². The van der Waals surface area contributed by atoms with Gasteiger partial charge in [-0.05, 0) is 61.2 Å². The van der Waals surface area contributed by atoms with Gasteiger partial charge in [0, 0.05) is 23.3 Å². The number of aliphatic carboxylic acids is 1. The topological polar surface area (TPSA) is 64.3 Å². The maximum atomic E-state index is 10.9. The Morgan fingerprint density at radius 1 is 1.21 bits per heavy atom. The summed E-state index contributed by atoms with van der Waals surface area (Å²) in [6.45, 7) is 2.11. The van der Waals surface area contributed by atoms with Crippen molar-refractivity contribution in [3.05, 3.63) is 76.9 Å². The first-order valence-electron chi connectivity index (χ1n) is 9.60. The first kappa shape index (κ1) is 18.1. The Morgan fingerprint density at radius 2 is 2.00 bits per heavy atom. The lowest BCUT2D eigenvalue weighted by Crippen LogP contribution is -2.26. The number of aryl methyl sites for hydroxylation is 1. The Labute approximate surface area is 165 Å². The van der Waals surface area contributed by atoms with Crippen LogP contribution >= 0.6 is 0 Å². The van der Waals surface area contributed by atoms with Crippen molar-refractivity contribution >= 4 is 23.4 Å². The molecule has 0 saturated heterocycles. The Bertz CT molecular complexity index is 1010. The molecule has 1 aliphatic carbocycles. The third-order valence-electron chi connectivity index (χ3n) is 5.74. The number of carboxylic acid groups (broad SMARTS) is 1. The fraction of sp³-hybridized carbons (Fsp3) is 0.250. The van der Waals surface area contributed by atoms with Crippen LogP contribution in [0.15, 0.2) is 60.2 Å². The molecule has 4 rings (SSSR count). The summed E-state index contributed by atoms with van der Waals surface area (Å²) in [6, 6.07) is 17.4. The minimum atomic E-state index is -1.20. The van der Waals surface area contributed by atoms with Crippen LogP contribution in [-0.2, 0) is 4.79 Å². The molecule has 0 radical (unpaired) electrons. The minimum Gasteiger partial charge on any atom is -0.477 e. The SMILES string of the molecule is Cc1ccc(N2c3ccc(/C=C/C=C(/C#N)C(=O)O)cc3C3CCCC32)cc1. The molecule has 4 nitrogen and oxygen atoms in total. The number of carboxylic acids is 1. The zero-order valence-corrected chi connectivity index (χ0v) is 15.8. The van der Waals surface area contributed by atoms with Crippen LogP contribution in [-0.4, -0.2) is 17.1 Å². The molecule has 2 aromatic rings. The van der Waals surface area contributed by atoms with Crippen molar-refractivity contribution in [1.29, 1.82) is 5.26 Å². The van der Waals surface area contributed by atoms with Crippen molar-refractivity contribution in [2.45, 2.75) is 38.1 Å². The second-order valence-corrected chi connectivity index (χ2v) is 7.48. The molecule has 1 heterocycles. The number of nitrogens with zero attached hydrogens (tertiary/aromatic N) is 2. The Kier molecular flexibility index (Phi) is 4.75. The summed E-state index contributed by atoms with van der Waals surface area (Å²) in [7, 11) is 0. The van der Waals surface area contributed by atoms with Crippen LogP contribution in [0.1, 0.15) is 41.9 Å². The van der Waals surface area contributed by atoms with E-state index < -0.39 is 5.97 Å². The third kappa shape index (κ3) is 3.20. The molecule has 2 atom stereocenters. The van der Waals surface area contributed by atoms with Crippen molar-refractivity contribution in [1.82, 2.24) is 0 Å². The molecule has 28 heavy (non-hydrogen) atoms. The molecule has 0 aromatic heterocycles. The maximum Gasteiger partial charge on any atom is 0.346 e. The van der Waals surface area contributed by atoms with Crippen molar-refractivity contribution in [3.8, 4) is 6.07 Å². The molecule has 2 unspecified atom stereocenters. The van der Waals surface area contributed by atoms with Crippen LogP contribution in [0.2, 0.25) is 0 Å². The van der Waals surface area contributed by atoms with Gasteiger partial charge in [0.2, 0.25) is 0 Å². The fourth-order valence-electron chi connectivity index (χ4n) is 4.43. The lowest BCUT2D eigenvalue weighted by atomic mass is 9.96. The van der Waals surface area contributed by atoms with Gasteiger partial charge >= 0.3 is 5.97 Å². The van der Waals surface area contributed by atoms with Gasteiger partial charge in [-0.25, -0.2) is 4.79 Å². The van der Waals surface area contributed by atoms with E-state index in [1.54, 1.807) is 12.1 Å². The number of anilines is 2. The first-order valence-corrected chi connectivity index (χ1v) is 9.60. The highest BCUT2D eigenvalue weighted by molar-refractivity contribution is 5.91. The number of fused-ring (bicyclic) bond motifs is 3. The van der Waals surface area contributed by atoms with E-state index in [1.807, 2.05) is 6.08 Å². The van der Waals surface area contributed by atoms with Gasteiger partial charge in [-0.3, -0.25) is 0 Å². The summed E-state index contributed by atoms with van der Waals surface area (Å²) < 4.78 is 0. The summed E-state index contributed by atoms with van der Waals surface area (Å²) in [5, 5.41) is 17.8.